The third-order valence-corrected chi connectivity index (χ3v) is 10.9. The van der Waals surface area contributed by atoms with Gasteiger partial charge in [-0.15, -0.1) is 24.9 Å². The van der Waals surface area contributed by atoms with Gasteiger partial charge in [-0.25, -0.2) is 0 Å². The molecule has 2 bridgehead atoms. The van der Waals surface area contributed by atoms with Gasteiger partial charge in [-0.3, -0.25) is 14.4 Å². The van der Waals surface area contributed by atoms with Crippen molar-refractivity contribution in [3.63, 3.8) is 0 Å². The van der Waals surface area contributed by atoms with Gasteiger partial charge >= 0.3 is 0 Å². The lowest BCUT2D eigenvalue weighted by molar-refractivity contribution is -0.145. The summed E-state index contributed by atoms with van der Waals surface area (Å²) in [5, 5.41) is 12.1. The number of carbonyl (C=O) groups excluding carboxylic acids is 3. The zero-order valence-corrected chi connectivity index (χ0v) is 24.2. The maximum atomic E-state index is 14.6. The van der Waals surface area contributed by atoms with E-state index in [2.05, 4.69) is 20.1 Å². The molecule has 3 aliphatic heterocycles. The highest BCUT2D eigenvalue weighted by Gasteiger charge is 2.77. The van der Waals surface area contributed by atoms with Crippen molar-refractivity contribution in [1.29, 1.82) is 0 Å². The largest absolute Gasteiger partial charge is 0.395 e. The van der Waals surface area contributed by atoms with Gasteiger partial charge in [-0.2, -0.15) is 0 Å². The number of hydrogen-bond acceptors (Lipinski definition) is 5. The minimum absolute atomic E-state index is 0.0359. The van der Waals surface area contributed by atoms with Crippen LogP contribution in [0.2, 0.25) is 0 Å². The van der Waals surface area contributed by atoms with E-state index in [1.54, 1.807) is 38.6 Å². The zero-order chi connectivity index (χ0) is 28.7. The van der Waals surface area contributed by atoms with Crippen LogP contribution in [0, 0.1) is 11.8 Å². The highest BCUT2D eigenvalue weighted by molar-refractivity contribution is 8.02. The maximum Gasteiger partial charge on any atom is 0.251 e. The first-order valence-corrected chi connectivity index (χ1v) is 15.0. The summed E-state index contributed by atoms with van der Waals surface area (Å²) in [6, 6.07) is 13.1. The second-order valence-corrected chi connectivity index (χ2v) is 13.2. The van der Waals surface area contributed by atoms with Crippen molar-refractivity contribution in [2.24, 2.45) is 11.8 Å². The first kappa shape index (κ1) is 28.4. The third kappa shape index (κ3) is 4.36. The number of benzene rings is 2. The Morgan fingerprint density at radius 1 is 1.10 bits per heavy atom. The van der Waals surface area contributed by atoms with Gasteiger partial charge in [-0.05, 0) is 49.1 Å². The first-order valence-electron chi connectivity index (χ1n) is 14.2. The summed E-state index contributed by atoms with van der Waals surface area (Å²) in [5.74, 6) is -1.57. The Labute approximate surface area is 240 Å². The molecule has 1 N–H and O–H groups in total. The smallest absolute Gasteiger partial charge is 0.251 e. The number of nitrogens with zero attached hydrogens (tertiary/aromatic N) is 3. The Morgan fingerprint density at radius 3 is 2.50 bits per heavy atom. The summed E-state index contributed by atoms with van der Waals surface area (Å²) in [6.07, 6.45) is 5.64. The summed E-state index contributed by atoms with van der Waals surface area (Å²) < 4.78 is -1.18. The number of thioether (sulfide) groups is 1. The van der Waals surface area contributed by atoms with Gasteiger partial charge in [0.25, 0.3) is 5.91 Å². The summed E-state index contributed by atoms with van der Waals surface area (Å²) >= 11 is 1.65. The van der Waals surface area contributed by atoms with Crippen LogP contribution in [0.25, 0.3) is 10.8 Å². The van der Waals surface area contributed by atoms with E-state index in [0.717, 1.165) is 29.3 Å². The molecule has 0 aromatic heterocycles. The van der Waals surface area contributed by atoms with Gasteiger partial charge in [0.15, 0.2) is 0 Å². The van der Waals surface area contributed by atoms with E-state index in [1.807, 2.05) is 49.4 Å². The summed E-state index contributed by atoms with van der Waals surface area (Å²) in [6.45, 7) is 12.9. The fraction of sp³-hybridized carbons (Fsp3) is 0.469. The van der Waals surface area contributed by atoms with Crippen LogP contribution in [0.4, 0.5) is 5.69 Å². The Kier molecular flexibility index (Phi) is 7.86. The number of aliphatic hydroxyl groups is 1. The van der Waals surface area contributed by atoms with Gasteiger partial charge in [-0.1, -0.05) is 49.4 Å². The molecule has 40 heavy (non-hydrogen) atoms. The highest BCUT2D eigenvalue weighted by atomic mass is 32.2. The van der Waals surface area contributed by atoms with E-state index in [9.17, 15) is 19.5 Å². The third-order valence-electron chi connectivity index (χ3n) is 8.89. The maximum absolute atomic E-state index is 14.6. The number of fused-ring (bicyclic) bond motifs is 2. The molecule has 2 aromatic carbocycles. The molecule has 1 spiro atoms. The molecule has 3 heterocycles. The van der Waals surface area contributed by atoms with Crippen LogP contribution in [0.1, 0.15) is 33.1 Å². The average molecular weight is 562 g/mol. The molecular weight excluding hydrogens is 522 g/mol. The Bertz CT molecular complexity index is 1350. The molecule has 0 aliphatic carbocycles. The van der Waals surface area contributed by atoms with E-state index >= 15 is 0 Å². The zero-order valence-electron chi connectivity index (χ0n) is 23.4. The molecular formula is C32H39N3O4S. The minimum atomic E-state index is -0.785. The SMILES string of the molecule is C=CCN(CCC)C(=O)[C@@H]1[C@H]2C(=O)N(CCO)C(C(=O)N(CC=C)c3ccc4ccccc4c3)C23CC[C@@]1(C)S3. The average Bonchev–Trinajstić information content (AvgIpc) is 3.51. The highest BCUT2D eigenvalue weighted by Crippen LogP contribution is 2.71. The van der Waals surface area contributed by atoms with Crippen molar-refractivity contribution in [2.75, 3.05) is 37.7 Å². The van der Waals surface area contributed by atoms with Crippen LogP contribution in [0.3, 0.4) is 0 Å². The molecule has 8 heteroatoms. The second kappa shape index (κ2) is 11.1. The van der Waals surface area contributed by atoms with E-state index < -0.39 is 27.4 Å². The van der Waals surface area contributed by atoms with Crippen molar-refractivity contribution in [1.82, 2.24) is 9.80 Å². The van der Waals surface area contributed by atoms with E-state index in [1.165, 1.54) is 0 Å². The molecule has 2 unspecified atom stereocenters. The van der Waals surface area contributed by atoms with Crippen LogP contribution < -0.4 is 4.90 Å². The number of rotatable bonds is 11. The predicted molar refractivity (Wildman–Crippen MR) is 161 cm³/mol. The van der Waals surface area contributed by atoms with Crippen LogP contribution in [0.5, 0.6) is 0 Å². The Morgan fingerprint density at radius 2 is 1.82 bits per heavy atom. The number of likely N-dealkylation sites (tertiary alicyclic amines) is 1. The molecule has 3 fully saturated rings. The van der Waals surface area contributed by atoms with Gasteiger partial charge in [0, 0.05) is 36.6 Å². The first-order chi connectivity index (χ1) is 19.3. The lowest BCUT2D eigenvalue weighted by Crippen LogP contribution is -2.55. The Balaban J connectivity index is 1.57. The van der Waals surface area contributed by atoms with E-state index in [0.29, 0.717) is 19.5 Å². The van der Waals surface area contributed by atoms with Gasteiger partial charge in [0.05, 0.1) is 23.2 Å². The van der Waals surface area contributed by atoms with Crippen molar-refractivity contribution in [3.8, 4) is 0 Å². The van der Waals surface area contributed by atoms with Crippen molar-refractivity contribution in [2.45, 2.75) is 48.6 Å². The molecule has 5 atom stereocenters. The van der Waals surface area contributed by atoms with E-state index in [4.69, 9.17) is 0 Å². The molecule has 0 radical (unpaired) electrons. The number of carbonyl (C=O) groups is 3. The van der Waals surface area contributed by atoms with Gasteiger partial charge in [0.2, 0.25) is 11.8 Å². The van der Waals surface area contributed by atoms with Crippen LogP contribution in [-0.2, 0) is 14.4 Å². The molecule has 7 nitrogen and oxygen atoms in total. The fourth-order valence-electron chi connectivity index (χ4n) is 7.29. The number of aliphatic hydroxyl groups excluding tert-OH is 1. The normalized spacial score (nSPS) is 28.5. The van der Waals surface area contributed by atoms with Crippen molar-refractivity contribution >= 4 is 45.9 Å². The quantitative estimate of drug-likeness (QED) is 0.415. The van der Waals surface area contributed by atoms with Crippen molar-refractivity contribution in [3.05, 3.63) is 67.8 Å². The number of amides is 3. The lowest BCUT2D eigenvalue weighted by Gasteiger charge is -2.38. The molecule has 3 amide bonds. The second-order valence-electron chi connectivity index (χ2n) is 11.3. The molecule has 5 rings (SSSR count). The molecule has 3 saturated heterocycles. The molecule has 212 valence electrons. The fourth-order valence-corrected chi connectivity index (χ4v) is 9.63. The van der Waals surface area contributed by atoms with Crippen molar-refractivity contribution < 1.29 is 19.5 Å². The number of anilines is 1. The molecule has 3 aliphatic rings. The number of hydrogen-bond donors (Lipinski definition) is 1. The summed E-state index contributed by atoms with van der Waals surface area (Å²) in [4.78, 5) is 47.9. The topological polar surface area (TPSA) is 81.2 Å². The minimum Gasteiger partial charge on any atom is -0.395 e. The van der Waals surface area contributed by atoms with Gasteiger partial charge < -0.3 is 19.8 Å². The number of β-amino-alcohol motifs (C(OH)–C–C–N with tert-alkyl or cyclic N) is 1. The van der Waals surface area contributed by atoms with Crippen LogP contribution in [-0.4, -0.2) is 80.9 Å². The van der Waals surface area contributed by atoms with Crippen LogP contribution >= 0.6 is 11.8 Å². The molecule has 0 saturated carbocycles. The standard InChI is InChI=1S/C32H39N3O4S/c1-5-16-33(17-6-2)28(37)25-26-29(38)35(19-20-36)27(32(26)15-14-31(25,4)40-32)30(39)34(18-7-3)24-13-12-22-10-8-9-11-23(22)21-24/h5,7-13,21,25-27,36H,1,3,6,14-20H2,2,4H3/t25-,26-,27?,31+,32?/m0/s1. The lowest BCUT2D eigenvalue weighted by atomic mass is 9.66. The van der Waals surface area contributed by atoms with Gasteiger partial charge in [0.1, 0.15) is 6.04 Å². The predicted octanol–water partition coefficient (Wildman–Crippen LogP) is 4.26. The van der Waals surface area contributed by atoms with E-state index in [-0.39, 0.29) is 37.4 Å². The molecule has 2 aromatic rings. The summed E-state index contributed by atoms with van der Waals surface area (Å²) in [5.41, 5.74) is 0.733. The Hall–Kier alpha value is -3.10. The van der Waals surface area contributed by atoms with Crippen LogP contribution in [0.15, 0.2) is 67.8 Å². The monoisotopic (exact) mass is 561 g/mol. The summed E-state index contributed by atoms with van der Waals surface area (Å²) in [7, 11) is 0.